The first-order valence-corrected chi connectivity index (χ1v) is 10.4. The molecule has 148 valence electrons. The highest BCUT2D eigenvalue weighted by Crippen LogP contribution is 2.34. The van der Waals surface area contributed by atoms with Crippen LogP contribution in [0.25, 0.3) is 6.08 Å². The third kappa shape index (κ3) is 5.54. The molecule has 1 saturated heterocycles. The minimum Gasteiger partial charge on any atom is -0.492 e. The van der Waals surface area contributed by atoms with Crippen LogP contribution in [0.3, 0.4) is 0 Å². The Morgan fingerprint density at radius 1 is 1.17 bits per heavy atom. The highest BCUT2D eigenvalue weighted by molar-refractivity contribution is 9.10. The van der Waals surface area contributed by atoms with E-state index in [1.54, 1.807) is 48.5 Å². The maximum absolute atomic E-state index is 12.7. The van der Waals surface area contributed by atoms with E-state index in [-0.39, 0.29) is 29.9 Å². The molecule has 0 saturated carbocycles. The molecule has 0 aromatic heterocycles. The van der Waals surface area contributed by atoms with E-state index in [1.807, 2.05) is 6.07 Å². The van der Waals surface area contributed by atoms with E-state index in [2.05, 4.69) is 15.9 Å². The van der Waals surface area contributed by atoms with Crippen LogP contribution < -0.4 is 9.47 Å². The van der Waals surface area contributed by atoms with Crippen LogP contribution in [0.5, 0.6) is 11.5 Å². The normalized spacial score (nSPS) is 14.9. The van der Waals surface area contributed by atoms with Gasteiger partial charge < -0.3 is 9.47 Å². The van der Waals surface area contributed by atoms with Gasteiger partial charge in [0.1, 0.15) is 24.2 Å². The van der Waals surface area contributed by atoms with Crippen LogP contribution in [0.4, 0.5) is 4.79 Å². The van der Waals surface area contributed by atoms with E-state index in [9.17, 15) is 9.59 Å². The van der Waals surface area contributed by atoms with Gasteiger partial charge in [-0.25, -0.2) is 0 Å². The lowest BCUT2D eigenvalue weighted by atomic mass is 10.2. The summed E-state index contributed by atoms with van der Waals surface area (Å²) in [7, 11) is 0. The zero-order chi connectivity index (χ0) is 20.8. The molecule has 0 spiro atoms. The maximum atomic E-state index is 12.7. The summed E-state index contributed by atoms with van der Waals surface area (Å²) in [6.45, 7) is 0.174. The minimum absolute atomic E-state index is 0.119. The summed E-state index contributed by atoms with van der Waals surface area (Å²) in [6.07, 6.45) is 1.59. The summed E-state index contributed by atoms with van der Waals surface area (Å²) in [6, 6.07) is 13.9. The van der Waals surface area contributed by atoms with Crippen LogP contribution in [0.15, 0.2) is 51.8 Å². The maximum Gasteiger partial charge on any atom is 0.293 e. The van der Waals surface area contributed by atoms with Gasteiger partial charge in [0.15, 0.2) is 6.61 Å². The Hall–Kier alpha value is -2.47. The summed E-state index contributed by atoms with van der Waals surface area (Å²) in [5.41, 5.74) is 0.595. The molecule has 0 radical (unpaired) electrons. The fourth-order valence-electron chi connectivity index (χ4n) is 2.49. The number of hydrogen-bond acceptors (Lipinski definition) is 6. The summed E-state index contributed by atoms with van der Waals surface area (Å²) in [5, 5.41) is 8.95. The van der Waals surface area contributed by atoms with Gasteiger partial charge >= 0.3 is 0 Å². The first-order chi connectivity index (χ1) is 14.0. The van der Waals surface area contributed by atoms with Crippen molar-refractivity contribution in [3.8, 4) is 17.6 Å². The summed E-state index contributed by atoms with van der Waals surface area (Å²) >= 11 is 10.1. The first kappa shape index (κ1) is 21.2. The van der Waals surface area contributed by atoms with Gasteiger partial charge in [0.2, 0.25) is 0 Å². The molecule has 1 heterocycles. The molecule has 3 rings (SSSR count). The average Bonchev–Trinajstić information content (AvgIpc) is 2.96. The third-order valence-corrected chi connectivity index (χ3v) is 5.47. The van der Waals surface area contributed by atoms with Gasteiger partial charge in [0, 0.05) is 15.1 Å². The Balaban J connectivity index is 1.69. The number of ether oxygens (including phenoxy) is 2. The van der Waals surface area contributed by atoms with Gasteiger partial charge in [-0.05, 0) is 60.3 Å². The Bertz CT molecular complexity index is 1000. The molecule has 1 fully saturated rings. The number of rotatable bonds is 7. The van der Waals surface area contributed by atoms with Crippen LogP contribution >= 0.6 is 39.3 Å². The predicted octanol–water partition coefficient (Wildman–Crippen LogP) is 5.12. The van der Waals surface area contributed by atoms with Crippen molar-refractivity contribution >= 4 is 56.5 Å². The zero-order valence-corrected chi connectivity index (χ0v) is 18.1. The predicted molar refractivity (Wildman–Crippen MR) is 115 cm³/mol. The number of carbonyl (C=O) groups is 2. The number of amides is 2. The Morgan fingerprint density at radius 3 is 2.66 bits per heavy atom. The van der Waals surface area contributed by atoms with Crippen LogP contribution in [0, 0.1) is 11.3 Å². The lowest BCUT2D eigenvalue weighted by Crippen LogP contribution is -2.32. The number of nitrogens with zero attached hydrogens (tertiary/aromatic N) is 2. The SMILES string of the molecule is N#CCOc1ccc(Br)cc1/C=C1\SC(=O)N(CCOc2ccc(Cl)cc2)C1=O. The van der Waals surface area contributed by atoms with Crippen LogP contribution in [0.2, 0.25) is 5.02 Å². The Labute approximate surface area is 185 Å². The van der Waals surface area contributed by atoms with Crippen molar-refractivity contribution in [2.75, 3.05) is 19.8 Å². The molecular formula is C20H14BrClN2O4S. The standard InChI is InChI=1S/C20H14BrClN2O4S/c21-14-1-6-17(28-9-7-23)13(11-14)12-18-19(25)24(20(26)29-18)8-10-27-16-4-2-15(22)3-5-16/h1-6,11-12H,8-10H2/b18-12-. The van der Waals surface area contributed by atoms with Gasteiger partial charge in [0.05, 0.1) is 11.4 Å². The molecule has 0 unspecified atom stereocenters. The number of imide groups is 1. The molecular weight excluding hydrogens is 480 g/mol. The van der Waals surface area contributed by atoms with Crippen molar-refractivity contribution in [1.29, 1.82) is 5.26 Å². The second kappa shape index (κ2) is 9.83. The third-order valence-electron chi connectivity index (χ3n) is 3.82. The lowest BCUT2D eigenvalue weighted by molar-refractivity contribution is -0.123. The van der Waals surface area contributed by atoms with Gasteiger partial charge in [-0.1, -0.05) is 27.5 Å². The van der Waals surface area contributed by atoms with Crippen molar-refractivity contribution in [1.82, 2.24) is 4.90 Å². The summed E-state index contributed by atoms with van der Waals surface area (Å²) < 4.78 is 11.7. The monoisotopic (exact) mass is 492 g/mol. The average molecular weight is 494 g/mol. The van der Waals surface area contributed by atoms with Gasteiger partial charge in [-0.2, -0.15) is 5.26 Å². The molecule has 1 aliphatic rings. The smallest absolute Gasteiger partial charge is 0.293 e. The first-order valence-electron chi connectivity index (χ1n) is 8.41. The Kier molecular flexibility index (Phi) is 7.20. The molecule has 0 atom stereocenters. The second-order valence-electron chi connectivity index (χ2n) is 5.76. The van der Waals surface area contributed by atoms with Crippen LogP contribution in [-0.4, -0.2) is 35.8 Å². The molecule has 0 N–H and O–H groups in total. The molecule has 6 nitrogen and oxygen atoms in total. The fraction of sp³-hybridized carbons (Fsp3) is 0.150. The molecule has 2 aromatic rings. The molecule has 2 aromatic carbocycles. The molecule has 2 amide bonds. The highest BCUT2D eigenvalue weighted by Gasteiger charge is 2.35. The number of halogens is 2. The molecule has 0 aliphatic carbocycles. The number of hydrogen-bond donors (Lipinski definition) is 0. The number of nitriles is 1. The number of carbonyl (C=O) groups excluding carboxylic acids is 2. The van der Waals surface area contributed by atoms with E-state index in [4.69, 9.17) is 26.3 Å². The minimum atomic E-state index is -0.397. The van der Waals surface area contributed by atoms with Crippen LogP contribution in [-0.2, 0) is 4.79 Å². The number of thioether (sulfide) groups is 1. The van der Waals surface area contributed by atoms with Gasteiger partial charge in [0.25, 0.3) is 11.1 Å². The number of benzene rings is 2. The van der Waals surface area contributed by atoms with E-state index in [0.717, 1.165) is 21.1 Å². The highest BCUT2D eigenvalue weighted by atomic mass is 79.9. The van der Waals surface area contributed by atoms with Gasteiger partial charge in [-0.15, -0.1) is 0 Å². The summed E-state index contributed by atoms with van der Waals surface area (Å²) in [5.74, 6) is 0.656. The van der Waals surface area contributed by atoms with Crippen molar-refractivity contribution in [2.45, 2.75) is 0 Å². The Morgan fingerprint density at radius 2 is 1.93 bits per heavy atom. The molecule has 9 heteroatoms. The van der Waals surface area contributed by atoms with Crippen molar-refractivity contribution in [2.24, 2.45) is 0 Å². The van der Waals surface area contributed by atoms with E-state index >= 15 is 0 Å². The van der Waals surface area contributed by atoms with E-state index < -0.39 is 5.91 Å². The van der Waals surface area contributed by atoms with E-state index in [0.29, 0.717) is 22.1 Å². The summed E-state index contributed by atoms with van der Waals surface area (Å²) in [4.78, 5) is 26.3. The fourth-order valence-corrected chi connectivity index (χ4v) is 3.85. The molecule has 29 heavy (non-hydrogen) atoms. The topological polar surface area (TPSA) is 79.6 Å². The largest absolute Gasteiger partial charge is 0.492 e. The van der Waals surface area contributed by atoms with Crippen molar-refractivity contribution in [3.05, 3.63) is 62.4 Å². The van der Waals surface area contributed by atoms with Gasteiger partial charge in [-0.3, -0.25) is 14.5 Å². The lowest BCUT2D eigenvalue weighted by Gasteiger charge is -2.13. The van der Waals surface area contributed by atoms with Crippen LogP contribution in [0.1, 0.15) is 5.56 Å². The second-order valence-corrected chi connectivity index (χ2v) is 8.11. The molecule has 1 aliphatic heterocycles. The van der Waals surface area contributed by atoms with Crippen molar-refractivity contribution < 1.29 is 19.1 Å². The quantitative estimate of drug-likeness (QED) is 0.498. The van der Waals surface area contributed by atoms with E-state index in [1.165, 1.54) is 0 Å². The van der Waals surface area contributed by atoms with Crippen molar-refractivity contribution in [3.63, 3.8) is 0 Å². The zero-order valence-electron chi connectivity index (χ0n) is 14.9. The molecule has 0 bridgehead atoms.